The average molecular weight is 691 g/mol. The van der Waals surface area contributed by atoms with E-state index in [4.69, 9.17) is 4.52 Å². The number of piperazine rings is 1. The van der Waals surface area contributed by atoms with Crippen LogP contribution in [0.1, 0.15) is 36.1 Å². The number of phosphoric ester groups is 1. The molecule has 2 N–H and O–H groups in total. The number of carbonyl (C=O) groups excluding carboxylic acids is 1. The Balaban J connectivity index is 1.92. The van der Waals surface area contributed by atoms with Crippen LogP contribution in [-0.4, -0.2) is 76.7 Å². The lowest BCUT2D eigenvalue weighted by Crippen LogP contribution is -2.75. The predicted molar refractivity (Wildman–Crippen MR) is 162 cm³/mol. The minimum atomic E-state index is -5.11. The van der Waals surface area contributed by atoms with E-state index in [1.54, 1.807) is 37.5 Å². The summed E-state index contributed by atoms with van der Waals surface area (Å²) in [5.74, 6) is -0.281. The van der Waals surface area contributed by atoms with E-state index in [1.807, 2.05) is 25.1 Å². The van der Waals surface area contributed by atoms with E-state index >= 15 is 0 Å². The molecule has 2 aromatic carbocycles. The highest BCUT2D eigenvalue weighted by Gasteiger charge is 2.57. The van der Waals surface area contributed by atoms with Gasteiger partial charge in [0.2, 0.25) is 17.9 Å². The van der Waals surface area contributed by atoms with Crippen LogP contribution in [0.25, 0.3) is 0 Å². The lowest BCUT2D eigenvalue weighted by atomic mass is 9.81. The van der Waals surface area contributed by atoms with Gasteiger partial charge in [-0.1, -0.05) is 24.3 Å². The molecule has 47 heavy (non-hydrogen) atoms. The zero-order chi connectivity index (χ0) is 35.2. The monoisotopic (exact) mass is 690 g/mol. The van der Waals surface area contributed by atoms with Crippen molar-refractivity contribution in [3.63, 3.8) is 0 Å². The van der Waals surface area contributed by atoms with Crippen LogP contribution in [-0.2, 0) is 31.7 Å². The van der Waals surface area contributed by atoms with Gasteiger partial charge in [-0.25, -0.2) is 18.6 Å². The van der Waals surface area contributed by atoms with Crippen molar-refractivity contribution in [1.82, 2.24) is 14.4 Å². The molecule has 16 heteroatoms. The number of likely N-dealkylation sites (N-methyl/N-ethyl adjacent to an activating group) is 2. The third kappa shape index (κ3) is 7.55. The van der Waals surface area contributed by atoms with Crippen LogP contribution >= 0.6 is 7.82 Å². The van der Waals surface area contributed by atoms with Gasteiger partial charge in [-0.05, 0) is 56.7 Å². The van der Waals surface area contributed by atoms with Crippen molar-refractivity contribution in [2.24, 2.45) is 0 Å². The Morgan fingerprint density at radius 2 is 1.51 bits per heavy atom. The normalized spacial score (nSPS) is 22.6. The highest BCUT2D eigenvalue weighted by atomic mass is 31.2. The lowest BCUT2D eigenvalue weighted by molar-refractivity contribution is -0.931. The van der Waals surface area contributed by atoms with Gasteiger partial charge in [0.25, 0.3) is 0 Å². The number of alkyl halides is 6. The Morgan fingerprint density at radius 1 is 0.957 bits per heavy atom. The lowest BCUT2D eigenvalue weighted by Gasteiger charge is -2.54. The van der Waals surface area contributed by atoms with E-state index in [9.17, 15) is 45.5 Å². The molecule has 2 heterocycles. The van der Waals surface area contributed by atoms with Crippen LogP contribution in [0.5, 0.6) is 0 Å². The topological polar surface area (TPSA) is 100.0 Å². The quantitative estimate of drug-likeness (QED) is 0.162. The second-order valence-electron chi connectivity index (χ2n) is 12.7. The summed E-state index contributed by atoms with van der Waals surface area (Å²) >= 11 is 0. The number of benzene rings is 2. The molecule has 9 nitrogen and oxygen atoms in total. The number of hydrogen-bond donors (Lipinski definition) is 2. The molecule has 1 aromatic heterocycles. The maximum atomic E-state index is 14.5. The summed E-state index contributed by atoms with van der Waals surface area (Å²) in [6.45, 7) is 4.48. The summed E-state index contributed by atoms with van der Waals surface area (Å²) in [4.78, 5) is 39.4. The minimum absolute atomic E-state index is 0.0135. The smallest absolute Gasteiger partial charge is 0.303 e. The summed E-state index contributed by atoms with van der Waals surface area (Å²) in [6, 6.07) is 13.7. The molecular weight excluding hydrogens is 653 g/mol. The summed E-state index contributed by atoms with van der Waals surface area (Å²) in [6.07, 6.45) is -9.58. The molecule has 256 valence electrons. The third-order valence-corrected chi connectivity index (χ3v) is 9.31. The fourth-order valence-electron chi connectivity index (χ4n) is 6.21. The van der Waals surface area contributed by atoms with E-state index in [-0.39, 0.29) is 34.7 Å². The van der Waals surface area contributed by atoms with E-state index in [0.717, 1.165) is 11.3 Å². The number of carbonyl (C=O) groups is 1. The number of halogens is 6. The van der Waals surface area contributed by atoms with Gasteiger partial charge in [0.15, 0.2) is 13.3 Å². The number of pyridine rings is 1. The first-order chi connectivity index (χ1) is 21.5. The van der Waals surface area contributed by atoms with Gasteiger partial charge < -0.3 is 9.79 Å². The number of hydrogen-bond acceptors (Lipinski definition) is 4. The summed E-state index contributed by atoms with van der Waals surface area (Å²) in [7, 11) is -1.80. The van der Waals surface area contributed by atoms with Crippen molar-refractivity contribution < 1.29 is 54.5 Å². The zero-order valence-corrected chi connectivity index (χ0v) is 27.3. The number of aryl methyl sites for hydroxylation is 1. The van der Waals surface area contributed by atoms with Crippen LogP contribution in [0.3, 0.4) is 0 Å². The highest BCUT2D eigenvalue weighted by molar-refractivity contribution is 7.46. The molecule has 3 aromatic rings. The largest absolute Gasteiger partial charge is 0.474 e. The second-order valence-corrected chi connectivity index (χ2v) is 13.9. The molecule has 0 saturated carbocycles. The average Bonchev–Trinajstić information content (AvgIpc) is 2.99. The van der Waals surface area contributed by atoms with E-state index in [2.05, 4.69) is 4.98 Å². The molecule has 0 radical (unpaired) electrons. The third-order valence-electron chi connectivity index (χ3n) is 8.86. The van der Waals surface area contributed by atoms with Crippen molar-refractivity contribution in [3.8, 4) is 0 Å². The number of aromatic nitrogens is 1. The molecule has 1 saturated heterocycles. The number of nitrogens with zero attached hydrogens (tertiary/aromatic N) is 4. The molecule has 0 bridgehead atoms. The van der Waals surface area contributed by atoms with Crippen molar-refractivity contribution in [2.45, 2.75) is 44.7 Å². The van der Waals surface area contributed by atoms with Gasteiger partial charge >= 0.3 is 20.2 Å². The summed E-state index contributed by atoms with van der Waals surface area (Å²) in [5.41, 5.74) is -3.92. The van der Waals surface area contributed by atoms with E-state index < -0.39 is 61.1 Å². The molecular formula is C31H37F6N4O5P+2. The summed E-state index contributed by atoms with van der Waals surface area (Å²) in [5, 5.41) is 0. The molecule has 3 atom stereocenters. The van der Waals surface area contributed by atoms with Crippen LogP contribution in [0, 0.1) is 6.92 Å². The molecule has 0 spiro atoms. The number of rotatable bonds is 8. The molecule has 0 aliphatic carbocycles. The first kappa shape index (κ1) is 36.5. The fourth-order valence-corrected chi connectivity index (χ4v) is 6.64. The predicted octanol–water partition coefficient (Wildman–Crippen LogP) is 6.36. The number of phosphoric acid groups is 1. The SMILES string of the molecule is Cc1ccccc1[N+]1(c2ccccn2)CC[N+](C)(COP(=O)(O)O)CC1N(C)C(=O)C(C)(C)c1cc(C(F)(F)F)cc(C(F)(F)F)c1. The Hall–Kier alpha value is -3.33. The van der Waals surface area contributed by atoms with Crippen molar-refractivity contribution in [2.75, 3.05) is 40.5 Å². The van der Waals surface area contributed by atoms with E-state index in [1.165, 1.54) is 25.8 Å². The van der Waals surface area contributed by atoms with Gasteiger partial charge in [0.1, 0.15) is 18.8 Å². The fraction of sp³-hybridized carbons (Fsp3) is 0.419. The summed E-state index contributed by atoms with van der Waals surface area (Å²) < 4.78 is 99.1. The Kier molecular flexibility index (Phi) is 9.79. The standard InChI is InChI=1S/C31H35F6N4O5P/c1-21-10-6-7-11-25(21)41(26-12-8-9-13-38-26)15-14-40(5,20-46-47(43,44)45)19-27(41)39(4)28(42)29(2,3)22-16-23(30(32,33)34)18-24(17-22)31(35,36)37/h6-13,16-18,27H,14-15,19-20H2,1-5H3/p+2. The molecule has 1 aliphatic heterocycles. The van der Waals surface area contributed by atoms with Crippen LogP contribution in [0.4, 0.5) is 37.8 Å². The molecule has 3 unspecified atom stereocenters. The first-order valence-corrected chi connectivity index (χ1v) is 16.0. The van der Waals surface area contributed by atoms with Gasteiger partial charge in [-0.15, -0.1) is 0 Å². The Bertz CT molecular complexity index is 1630. The molecule has 4 rings (SSSR count). The maximum absolute atomic E-state index is 14.5. The second kappa shape index (κ2) is 12.6. The molecule has 1 amide bonds. The van der Waals surface area contributed by atoms with Gasteiger partial charge in [0, 0.05) is 24.9 Å². The van der Waals surface area contributed by atoms with Crippen molar-refractivity contribution in [1.29, 1.82) is 0 Å². The zero-order valence-electron chi connectivity index (χ0n) is 26.4. The number of quaternary nitrogens is 2. The van der Waals surface area contributed by atoms with Crippen LogP contribution < -0.4 is 4.48 Å². The highest BCUT2D eigenvalue weighted by Crippen LogP contribution is 2.45. The Labute approximate surface area is 268 Å². The molecule has 1 fully saturated rings. The first-order valence-electron chi connectivity index (χ1n) is 14.5. The van der Waals surface area contributed by atoms with Crippen molar-refractivity contribution >= 4 is 25.2 Å². The number of amides is 1. The van der Waals surface area contributed by atoms with Gasteiger partial charge in [-0.2, -0.15) is 26.3 Å². The van der Waals surface area contributed by atoms with E-state index in [0.29, 0.717) is 18.0 Å². The van der Waals surface area contributed by atoms with Crippen molar-refractivity contribution in [3.05, 3.63) is 89.1 Å². The van der Waals surface area contributed by atoms with Gasteiger partial charge in [-0.3, -0.25) is 14.2 Å². The minimum Gasteiger partial charge on any atom is -0.303 e. The van der Waals surface area contributed by atoms with Crippen LogP contribution in [0.15, 0.2) is 66.9 Å². The number of para-hydroxylation sites is 1. The maximum Gasteiger partial charge on any atom is 0.474 e. The Morgan fingerprint density at radius 3 is 2.02 bits per heavy atom. The molecule has 1 aliphatic rings. The van der Waals surface area contributed by atoms with Gasteiger partial charge in [0.05, 0.1) is 23.6 Å². The van der Waals surface area contributed by atoms with Crippen LogP contribution in [0.2, 0.25) is 0 Å².